The number of halogens is 3. The second-order valence-electron chi connectivity index (χ2n) is 4.78. The third-order valence-electron chi connectivity index (χ3n) is 2.88. The van der Waals surface area contributed by atoms with Crippen LogP contribution in [0.5, 0.6) is 0 Å². The van der Waals surface area contributed by atoms with Gasteiger partial charge in [0.15, 0.2) is 11.6 Å². The van der Waals surface area contributed by atoms with E-state index < -0.39 is 36.2 Å². The normalized spacial score (nSPS) is 9.73. The summed E-state index contributed by atoms with van der Waals surface area (Å²) in [6.07, 6.45) is 5.40. The van der Waals surface area contributed by atoms with Gasteiger partial charge in [-0.25, -0.2) is 8.78 Å². The van der Waals surface area contributed by atoms with E-state index >= 15 is 0 Å². The summed E-state index contributed by atoms with van der Waals surface area (Å²) in [5.41, 5.74) is 0.845. The number of hydrogen-bond donors (Lipinski definition) is 1. The van der Waals surface area contributed by atoms with Crippen molar-refractivity contribution in [3.05, 3.63) is 40.6 Å². The van der Waals surface area contributed by atoms with Gasteiger partial charge in [-0.3, -0.25) is 4.79 Å². The fourth-order valence-electron chi connectivity index (χ4n) is 1.56. The van der Waals surface area contributed by atoms with E-state index in [1.54, 1.807) is 0 Å². The van der Waals surface area contributed by atoms with Crippen LogP contribution in [0.1, 0.15) is 49.9 Å². The van der Waals surface area contributed by atoms with Gasteiger partial charge in [-0.2, -0.15) is 0 Å². The van der Waals surface area contributed by atoms with Gasteiger partial charge in [0.1, 0.15) is 0 Å². The molecule has 0 aromatic heterocycles. The van der Waals surface area contributed by atoms with Gasteiger partial charge >= 0.3 is 76.0 Å². The Labute approximate surface area is 141 Å². The minimum Gasteiger partial charge on any atom is -0.759 e. The van der Waals surface area contributed by atoms with Crippen molar-refractivity contribution in [2.45, 2.75) is 48.4 Å². The molecule has 0 saturated heterocycles. The van der Waals surface area contributed by atoms with Crippen molar-refractivity contribution in [1.82, 2.24) is 5.48 Å². The van der Waals surface area contributed by atoms with Gasteiger partial charge in [0.25, 0.3) is 0 Å². The number of unbranched alkanes of at least 4 members (excludes halogenated alkanes) is 2. The molecule has 1 rings (SSSR count). The van der Waals surface area contributed by atoms with Crippen molar-refractivity contribution in [3.63, 3.8) is 0 Å². The Balaban J connectivity index is 0.000000409. The Kier molecular flexibility index (Phi) is 12.8. The first-order valence-corrected chi connectivity index (χ1v) is 15.0. The zero-order chi connectivity index (χ0) is 17.0. The number of hydrogen-bond acceptors (Lipinski definition) is 2. The SMILES string of the molecule is CCC[CH2][Sn+]([Cl])[CH2]CCC.O=C(N[O-])c1ccc(F)c(F)c1. The van der Waals surface area contributed by atoms with E-state index in [1.807, 2.05) is 0 Å². The molecule has 0 heterocycles. The quantitative estimate of drug-likeness (QED) is 0.479. The zero-order valence-electron chi connectivity index (χ0n) is 12.9. The molecule has 0 saturated carbocycles. The van der Waals surface area contributed by atoms with Crippen LogP contribution in [0.3, 0.4) is 0 Å². The van der Waals surface area contributed by atoms with Gasteiger partial charge in [-0.15, -0.1) is 0 Å². The van der Waals surface area contributed by atoms with Crippen molar-refractivity contribution >= 4 is 33.5 Å². The Hall–Kier alpha value is -0.401. The van der Waals surface area contributed by atoms with Crippen LogP contribution in [-0.4, -0.2) is 24.5 Å². The van der Waals surface area contributed by atoms with E-state index in [0.717, 1.165) is 17.6 Å². The van der Waals surface area contributed by atoms with Crippen LogP contribution >= 0.6 is 8.92 Å². The van der Waals surface area contributed by atoms with E-state index in [-0.39, 0.29) is 5.56 Å². The molecule has 0 aliphatic carbocycles. The fraction of sp³-hybridized carbons (Fsp3) is 0.533. The Morgan fingerprint density at radius 1 is 1.18 bits per heavy atom. The van der Waals surface area contributed by atoms with Crippen LogP contribution < -0.4 is 5.48 Å². The summed E-state index contributed by atoms with van der Waals surface area (Å²) in [4.78, 5) is 10.6. The molecule has 7 heteroatoms. The van der Waals surface area contributed by atoms with Gasteiger partial charge in [0, 0.05) is 5.56 Å². The summed E-state index contributed by atoms with van der Waals surface area (Å²) in [7, 11) is 6.24. The van der Waals surface area contributed by atoms with E-state index in [9.17, 15) is 18.8 Å². The maximum atomic E-state index is 12.4. The molecule has 0 atom stereocenters. The maximum absolute atomic E-state index is 12.4. The van der Waals surface area contributed by atoms with Gasteiger partial charge in [0.05, 0.1) is 0 Å². The van der Waals surface area contributed by atoms with Crippen molar-refractivity contribution in [1.29, 1.82) is 0 Å². The molecule has 1 aromatic rings. The Morgan fingerprint density at radius 3 is 2.14 bits per heavy atom. The molecule has 0 unspecified atom stereocenters. The predicted molar refractivity (Wildman–Crippen MR) is 88.2 cm³/mol. The van der Waals surface area contributed by atoms with Crippen LogP contribution in [0.2, 0.25) is 8.87 Å². The second kappa shape index (κ2) is 13.1. The second-order valence-corrected chi connectivity index (χ2v) is 14.2. The molecular weight excluding hydrogens is 418 g/mol. The number of carbonyl (C=O) groups is 1. The fourth-order valence-corrected chi connectivity index (χ4v) is 8.27. The third-order valence-corrected chi connectivity index (χ3v) is 10.5. The van der Waals surface area contributed by atoms with Crippen LogP contribution in [0.25, 0.3) is 0 Å². The summed E-state index contributed by atoms with van der Waals surface area (Å²) in [5.74, 6) is -3.21. The molecule has 3 nitrogen and oxygen atoms in total. The number of nitrogens with one attached hydrogen (secondary N) is 1. The first-order valence-electron chi connectivity index (χ1n) is 7.33. The number of rotatable bonds is 7. The average Bonchev–Trinajstić information content (AvgIpc) is 2.53. The topological polar surface area (TPSA) is 52.2 Å². The van der Waals surface area contributed by atoms with Crippen molar-refractivity contribution in [2.75, 3.05) is 0 Å². The molecule has 0 aliphatic rings. The molecule has 0 radical (unpaired) electrons. The molecule has 1 aromatic carbocycles. The monoisotopic (exact) mass is 441 g/mol. The molecule has 0 fully saturated rings. The first-order chi connectivity index (χ1) is 10.5. The van der Waals surface area contributed by atoms with E-state index in [1.165, 1.54) is 34.6 Å². The molecule has 0 spiro atoms. The minimum atomic E-state index is -1.27. The summed E-state index contributed by atoms with van der Waals surface area (Å²) in [6, 6.07) is 2.45. The number of carbonyl (C=O) groups excluding carboxylic acids is 1. The summed E-state index contributed by atoms with van der Waals surface area (Å²) in [6.45, 7) is 4.49. The molecule has 1 amide bonds. The van der Waals surface area contributed by atoms with Crippen molar-refractivity contribution in [3.8, 4) is 0 Å². The third kappa shape index (κ3) is 9.58. The van der Waals surface area contributed by atoms with Crippen LogP contribution in [0, 0.1) is 16.8 Å². The van der Waals surface area contributed by atoms with E-state index in [0.29, 0.717) is 6.07 Å². The van der Waals surface area contributed by atoms with Crippen molar-refractivity contribution < 1.29 is 13.6 Å². The molecule has 0 aliphatic heterocycles. The van der Waals surface area contributed by atoms with Crippen LogP contribution in [-0.2, 0) is 0 Å². The number of benzene rings is 1. The van der Waals surface area contributed by atoms with Crippen molar-refractivity contribution in [2.24, 2.45) is 0 Å². The Morgan fingerprint density at radius 2 is 1.73 bits per heavy atom. The molecule has 124 valence electrons. The first kappa shape index (κ1) is 21.6. The minimum absolute atomic E-state index is 0.205. The van der Waals surface area contributed by atoms with Gasteiger partial charge in [-0.05, 0) is 18.2 Å². The predicted octanol–water partition coefficient (Wildman–Crippen LogP) is 5.01. The van der Waals surface area contributed by atoms with E-state index in [2.05, 4.69) is 13.8 Å². The smallest absolute Gasteiger partial charge is 0.240 e. The molecule has 1 N–H and O–H groups in total. The summed E-state index contributed by atoms with van der Waals surface area (Å²) in [5, 5.41) is 9.81. The van der Waals surface area contributed by atoms with Crippen LogP contribution in [0.15, 0.2) is 18.2 Å². The molecule has 22 heavy (non-hydrogen) atoms. The summed E-state index contributed by atoms with van der Waals surface area (Å²) >= 11 is -1.27. The standard InChI is InChI=1S/C7H4F2NO2.2C4H9.ClH.Sn/c8-5-2-1-4(3-6(5)9)7(11)10-12;2*1-3-4-2;;/h1-3H,(H-,10,11,12);2*1,3-4H2,2H3;1H;/q-1;;;;+2/p-1. The number of hydroxylamine groups is 1. The van der Waals surface area contributed by atoms with E-state index in [4.69, 9.17) is 8.92 Å². The number of amides is 1. The summed E-state index contributed by atoms with van der Waals surface area (Å²) < 4.78 is 27.5. The van der Waals surface area contributed by atoms with Gasteiger partial charge in [-0.1, -0.05) is 0 Å². The largest absolute Gasteiger partial charge is 0.759 e. The van der Waals surface area contributed by atoms with Crippen LogP contribution in [0.4, 0.5) is 8.78 Å². The maximum Gasteiger partial charge on any atom is 0.240 e. The molecule has 0 bridgehead atoms. The van der Waals surface area contributed by atoms with Gasteiger partial charge < -0.3 is 10.7 Å². The molecular formula is C15H22ClF2NO2Sn. The zero-order valence-corrected chi connectivity index (χ0v) is 16.5. The van der Waals surface area contributed by atoms with Gasteiger partial charge in [0.2, 0.25) is 5.91 Å². The average molecular weight is 441 g/mol. The Bertz CT molecular complexity index is 442.